The number of hydrogen-bond acceptors (Lipinski definition) is 0. The maximum atomic E-state index is 16.0. The Hall–Kier alpha value is -5.69. The number of halogens is 7. The van der Waals surface area contributed by atoms with Crippen LogP contribution in [0.5, 0.6) is 0 Å². The van der Waals surface area contributed by atoms with Crippen molar-refractivity contribution < 1.29 is 30.7 Å². The minimum absolute atomic E-state index is 0.129. The molecule has 0 heterocycles. The van der Waals surface area contributed by atoms with Crippen molar-refractivity contribution in [3.63, 3.8) is 0 Å². The summed E-state index contributed by atoms with van der Waals surface area (Å²) < 4.78 is 106. The molecular weight excluding hydrogens is 613 g/mol. The summed E-state index contributed by atoms with van der Waals surface area (Å²) in [5, 5.41) is 0.696. The first-order valence-electron chi connectivity index (χ1n) is 14.6. The molecule has 0 saturated heterocycles. The molecule has 0 saturated carbocycles. The van der Waals surface area contributed by atoms with Crippen molar-refractivity contribution in [3.05, 3.63) is 156 Å². The predicted octanol–water partition coefficient (Wildman–Crippen LogP) is 12.3. The van der Waals surface area contributed by atoms with Gasteiger partial charge in [0.2, 0.25) is 0 Å². The molecule has 0 spiro atoms. The lowest BCUT2D eigenvalue weighted by atomic mass is 9.82. The summed E-state index contributed by atoms with van der Waals surface area (Å²) in [7, 11) is 0. The summed E-state index contributed by atoms with van der Waals surface area (Å²) in [6.07, 6.45) is 0. The highest BCUT2D eigenvalue weighted by Crippen LogP contribution is 2.49. The van der Waals surface area contributed by atoms with Crippen molar-refractivity contribution in [2.75, 3.05) is 0 Å². The molecule has 8 rings (SSSR count). The van der Waals surface area contributed by atoms with E-state index in [1.807, 2.05) is 66.7 Å². The van der Waals surface area contributed by atoms with Crippen molar-refractivity contribution in [3.8, 4) is 33.4 Å². The average Bonchev–Trinajstić information content (AvgIpc) is 3.11. The number of benzene rings is 8. The fourth-order valence-electron chi connectivity index (χ4n) is 6.81. The third-order valence-corrected chi connectivity index (χ3v) is 8.80. The first-order chi connectivity index (χ1) is 22.8. The van der Waals surface area contributed by atoms with Crippen LogP contribution in [0.25, 0.3) is 76.5 Å². The normalized spacial score (nSPS) is 11.7. The SMILES string of the molecule is Fc1c(F)c(F)c2c(-c3c4ccccc4c(-c4ccc(-c5ccccc5)c5ccccc45)c4ccccc34)c(F)c(F)c(F)c2c1F. The molecule has 228 valence electrons. The molecule has 0 aromatic heterocycles. The van der Waals surface area contributed by atoms with Gasteiger partial charge in [-0.25, -0.2) is 30.7 Å². The lowest BCUT2D eigenvalue weighted by Gasteiger charge is -2.21. The monoisotopic (exact) mass is 632 g/mol. The van der Waals surface area contributed by atoms with Crippen molar-refractivity contribution in [2.45, 2.75) is 0 Å². The van der Waals surface area contributed by atoms with Crippen LogP contribution in [0.3, 0.4) is 0 Å². The van der Waals surface area contributed by atoms with Crippen LogP contribution in [0.1, 0.15) is 0 Å². The van der Waals surface area contributed by atoms with E-state index >= 15 is 22.0 Å². The molecule has 0 atom stereocenters. The van der Waals surface area contributed by atoms with E-state index in [1.54, 1.807) is 48.5 Å². The molecule has 0 aliphatic carbocycles. The van der Waals surface area contributed by atoms with Crippen molar-refractivity contribution >= 4 is 43.1 Å². The van der Waals surface area contributed by atoms with Gasteiger partial charge in [-0.3, -0.25) is 0 Å². The molecule has 0 radical (unpaired) electrons. The van der Waals surface area contributed by atoms with Crippen molar-refractivity contribution in [2.24, 2.45) is 0 Å². The third-order valence-electron chi connectivity index (χ3n) is 8.80. The van der Waals surface area contributed by atoms with E-state index in [9.17, 15) is 8.78 Å². The topological polar surface area (TPSA) is 0 Å². The summed E-state index contributed by atoms with van der Waals surface area (Å²) in [6.45, 7) is 0. The van der Waals surface area contributed by atoms with Gasteiger partial charge >= 0.3 is 0 Å². The quantitative estimate of drug-likeness (QED) is 0.0787. The Bertz CT molecular complexity index is 2530. The molecule has 0 bridgehead atoms. The number of fused-ring (bicyclic) bond motifs is 4. The molecule has 0 aliphatic rings. The van der Waals surface area contributed by atoms with E-state index in [0.29, 0.717) is 16.3 Å². The van der Waals surface area contributed by atoms with Gasteiger partial charge in [0.05, 0.1) is 5.39 Å². The Balaban J connectivity index is 1.56. The Kier molecular flexibility index (Phi) is 6.55. The third kappa shape index (κ3) is 4.09. The van der Waals surface area contributed by atoms with Crippen LogP contribution in [0.15, 0.2) is 115 Å². The zero-order valence-electron chi connectivity index (χ0n) is 24.1. The van der Waals surface area contributed by atoms with Gasteiger partial charge in [-0.15, -0.1) is 0 Å². The first-order valence-corrected chi connectivity index (χ1v) is 14.6. The summed E-state index contributed by atoms with van der Waals surface area (Å²) in [5.74, 6) is -15.0. The molecule has 47 heavy (non-hydrogen) atoms. The highest BCUT2D eigenvalue weighted by molar-refractivity contribution is 6.25. The summed E-state index contributed by atoms with van der Waals surface area (Å²) in [5.41, 5.74) is 2.48. The van der Waals surface area contributed by atoms with E-state index in [2.05, 4.69) is 0 Å². The zero-order chi connectivity index (χ0) is 32.6. The minimum atomic E-state index is -2.33. The average molecular weight is 633 g/mol. The molecule has 7 heteroatoms. The highest BCUT2D eigenvalue weighted by atomic mass is 19.2. The summed E-state index contributed by atoms with van der Waals surface area (Å²) in [6, 6.07) is 35.1. The summed E-state index contributed by atoms with van der Waals surface area (Å²) >= 11 is 0. The number of hydrogen-bond donors (Lipinski definition) is 0. The van der Waals surface area contributed by atoms with Gasteiger partial charge in [0, 0.05) is 16.5 Å². The van der Waals surface area contributed by atoms with Crippen LogP contribution in [0, 0.1) is 40.7 Å². The molecule has 0 amide bonds. The molecule has 0 nitrogen and oxygen atoms in total. The highest BCUT2D eigenvalue weighted by Gasteiger charge is 2.32. The second kappa shape index (κ2) is 10.7. The van der Waals surface area contributed by atoms with Crippen LogP contribution in [-0.2, 0) is 0 Å². The standard InChI is InChI=1S/C40H19F7/c41-34-31(32-33(36(43)38(34)45)37(44)40(47)39(46)35(32)42)30-26-16-8-6-14-24(26)29(25-15-7-9-17-27(25)30)28-19-18-21(20-10-2-1-3-11-20)22-12-4-5-13-23(22)28/h1-19H. The van der Waals surface area contributed by atoms with Gasteiger partial charge in [-0.05, 0) is 54.6 Å². The van der Waals surface area contributed by atoms with E-state index in [-0.39, 0.29) is 16.3 Å². The van der Waals surface area contributed by atoms with Gasteiger partial charge in [0.25, 0.3) is 0 Å². The van der Waals surface area contributed by atoms with Crippen LogP contribution in [0.4, 0.5) is 30.7 Å². The van der Waals surface area contributed by atoms with Crippen LogP contribution >= 0.6 is 0 Å². The van der Waals surface area contributed by atoms with Gasteiger partial charge in [-0.2, -0.15) is 0 Å². The smallest absolute Gasteiger partial charge is 0.198 e. The molecule has 8 aromatic carbocycles. The Labute approximate surface area is 262 Å². The fourth-order valence-corrected chi connectivity index (χ4v) is 6.81. The van der Waals surface area contributed by atoms with Crippen molar-refractivity contribution in [1.29, 1.82) is 0 Å². The predicted molar refractivity (Wildman–Crippen MR) is 172 cm³/mol. The van der Waals surface area contributed by atoms with Crippen molar-refractivity contribution in [1.82, 2.24) is 0 Å². The van der Waals surface area contributed by atoms with E-state index in [1.165, 1.54) is 0 Å². The Morgan fingerprint density at radius 3 is 1.17 bits per heavy atom. The molecule has 0 N–H and O–H groups in total. The van der Waals surface area contributed by atoms with Gasteiger partial charge < -0.3 is 0 Å². The zero-order valence-corrected chi connectivity index (χ0v) is 24.1. The fraction of sp³-hybridized carbons (Fsp3) is 0. The Morgan fingerprint density at radius 2 is 0.638 bits per heavy atom. The molecule has 0 unspecified atom stereocenters. The Morgan fingerprint density at radius 1 is 0.255 bits per heavy atom. The lowest BCUT2D eigenvalue weighted by Crippen LogP contribution is -2.06. The maximum absolute atomic E-state index is 16.0. The van der Waals surface area contributed by atoms with E-state index < -0.39 is 57.1 Å². The first kappa shape index (κ1) is 28.8. The molecular formula is C40H19F7. The minimum Gasteiger partial charge on any atom is -0.203 e. The summed E-state index contributed by atoms with van der Waals surface area (Å²) in [4.78, 5) is 0. The molecule has 0 fully saturated rings. The molecule has 8 aromatic rings. The van der Waals surface area contributed by atoms with E-state index in [0.717, 1.165) is 27.5 Å². The van der Waals surface area contributed by atoms with Gasteiger partial charge in [0.15, 0.2) is 40.7 Å². The van der Waals surface area contributed by atoms with Crippen LogP contribution in [-0.4, -0.2) is 0 Å². The lowest BCUT2D eigenvalue weighted by molar-refractivity contribution is 0.411. The van der Waals surface area contributed by atoms with Crippen LogP contribution < -0.4 is 0 Å². The second-order valence-corrected chi connectivity index (χ2v) is 11.2. The van der Waals surface area contributed by atoms with E-state index in [4.69, 9.17) is 0 Å². The molecule has 0 aliphatic heterocycles. The second-order valence-electron chi connectivity index (χ2n) is 11.2. The largest absolute Gasteiger partial charge is 0.203 e. The number of rotatable bonds is 3. The van der Waals surface area contributed by atoms with Gasteiger partial charge in [-0.1, -0.05) is 115 Å². The maximum Gasteiger partial charge on any atom is 0.198 e. The van der Waals surface area contributed by atoms with Gasteiger partial charge in [0.1, 0.15) is 0 Å². The van der Waals surface area contributed by atoms with Crippen LogP contribution in [0.2, 0.25) is 0 Å².